The molecule has 0 radical (unpaired) electrons. The second kappa shape index (κ2) is 6.21. The Morgan fingerprint density at radius 3 is 2.26 bits per heavy atom. The van der Waals surface area contributed by atoms with Crippen LogP contribution in [0, 0.1) is 0 Å². The molecule has 0 spiro atoms. The highest BCUT2D eigenvalue weighted by atomic mass is 16.5. The normalized spacial score (nSPS) is 11.1. The quantitative estimate of drug-likeness (QED) is 0.474. The Labute approximate surface area is 155 Å². The van der Waals surface area contributed by atoms with Crippen molar-refractivity contribution in [2.45, 2.75) is 0 Å². The number of para-hydroxylation sites is 2. The summed E-state index contributed by atoms with van der Waals surface area (Å²) in [5.41, 5.74) is 4.95. The van der Waals surface area contributed by atoms with Crippen molar-refractivity contribution in [3.63, 3.8) is 0 Å². The minimum absolute atomic E-state index is 0.621. The summed E-state index contributed by atoms with van der Waals surface area (Å²) in [6, 6.07) is 25.8. The number of fused-ring (bicyclic) bond motifs is 2. The number of imidazole rings is 1. The van der Waals surface area contributed by atoms with Crippen LogP contribution in [0.15, 0.2) is 78.9 Å². The highest BCUT2D eigenvalue weighted by Gasteiger charge is 2.17. The number of hydrogen-bond acceptors (Lipinski definition) is 4. The molecule has 2 aromatic heterocycles. The van der Waals surface area contributed by atoms with E-state index in [9.17, 15) is 0 Å². The van der Waals surface area contributed by atoms with Crippen molar-refractivity contribution in [1.29, 1.82) is 0 Å². The summed E-state index contributed by atoms with van der Waals surface area (Å²) in [5.74, 6) is 1.58. The van der Waals surface area contributed by atoms with Crippen molar-refractivity contribution in [3.05, 3.63) is 78.9 Å². The maximum atomic E-state index is 5.41. The summed E-state index contributed by atoms with van der Waals surface area (Å²) >= 11 is 0. The van der Waals surface area contributed by atoms with Crippen LogP contribution in [0.5, 0.6) is 5.75 Å². The Hall–Kier alpha value is -3.73. The van der Waals surface area contributed by atoms with Gasteiger partial charge in [0.1, 0.15) is 11.6 Å². The van der Waals surface area contributed by atoms with Crippen LogP contribution in [0.3, 0.4) is 0 Å². The van der Waals surface area contributed by atoms with Crippen LogP contribution >= 0.6 is 0 Å². The average molecular weight is 352 g/mol. The minimum atomic E-state index is 0.621. The van der Waals surface area contributed by atoms with Crippen LogP contribution in [-0.4, -0.2) is 26.6 Å². The van der Waals surface area contributed by atoms with E-state index in [-0.39, 0.29) is 0 Å². The molecule has 2 heterocycles. The number of rotatable bonds is 3. The third-order valence-corrected chi connectivity index (χ3v) is 4.51. The number of benzene rings is 3. The monoisotopic (exact) mass is 352 g/mol. The van der Waals surface area contributed by atoms with E-state index in [0.29, 0.717) is 5.65 Å². The molecule has 0 unspecified atom stereocenters. The first-order chi connectivity index (χ1) is 13.3. The van der Waals surface area contributed by atoms with Crippen molar-refractivity contribution >= 4 is 22.3 Å². The molecule has 0 saturated heterocycles. The van der Waals surface area contributed by atoms with E-state index >= 15 is 0 Å². The molecule has 5 heteroatoms. The van der Waals surface area contributed by atoms with Gasteiger partial charge in [-0.2, -0.15) is 0 Å². The lowest BCUT2D eigenvalue weighted by Crippen LogP contribution is -1.99. The van der Waals surface area contributed by atoms with Gasteiger partial charge in [-0.05, 0) is 24.3 Å². The Balaban J connectivity index is 1.88. The fraction of sp³-hybridized carbons (Fsp3) is 0.0455. The van der Waals surface area contributed by atoms with Crippen LogP contribution in [0.1, 0.15) is 0 Å². The van der Waals surface area contributed by atoms with Crippen LogP contribution in [-0.2, 0) is 0 Å². The molecule has 5 aromatic rings. The van der Waals surface area contributed by atoms with Crippen molar-refractivity contribution in [1.82, 2.24) is 19.5 Å². The van der Waals surface area contributed by atoms with Gasteiger partial charge in [-0.15, -0.1) is 0 Å². The largest absolute Gasteiger partial charge is 0.497 e. The summed E-state index contributed by atoms with van der Waals surface area (Å²) in [4.78, 5) is 14.4. The first kappa shape index (κ1) is 15.5. The Kier molecular flexibility index (Phi) is 3.57. The summed E-state index contributed by atoms with van der Waals surface area (Å²) in [7, 11) is 1.66. The van der Waals surface area contributed by atoms with Gasteiger partial charge in [0.15, 0.2) is 11.3 Å². The molecule has 0 bridgehead atoms. The Bertz CT molecular complexity index is 1260. The fourth-order valence-electron chi connectivity index (χ4n) is 3.23. The topological polar surface area (TPSA) is 52.8 Å². The lowest BCUT2D eigenvalue weighted by Gasteiger charge is -2.10. The first-order valence-corrected chi connectivity index (χ1v) is 8.68. The maximum absolute atomic E-state index is 5.41. The van der Waals surface area contributed by atoms with Gasteiger partial charge in [0, 0.05) is 11.6 Å². The lowest BCUT2D eigenvalue weighted by atomic mass is 10.2. The van der Waals surface area contributed by atoms with Gasteiger partial charge in [-0.3, -0.25) is 4.57 Å². The van der Waals surface area contributed by atoms with Gasteiger partial charge in [-0.25, -0.2) is 15.0 Å². The van der Waals surface area contributed by atoms with E-state index in [4.69, 9.17) is 19.7 Å². The van der Waals surface area contributed by atoms with Crippen LogP contribution in [0.25, 0.3) is 39.4 Å². The predicted octanol–water partition coefficient (Wildman–Crippen LogP) is 4.64. The summed E-state index contributed by atoms with van der Waals surface area (Å²) in [5, 5.41) is 0. The summed E-state index contributed by atoms with van der Waals surface area (Å²) in [6.07, 6.45) is 0. The molecule has 0 aliphatic carbocycles. The smallest absolute Gasteiger partial charge is 0.199 e. The third kappa shape index (κ3) is 2.60. The SMILES string of the molecule is COc1cccc(-n2c(-c3ccccc3)nc3nc4ccccc4nc32)c1. The highest BCUT2D eigenvalue weighted by Crippen LogP contribution is 2.29. The molecule has 130 valence electrons. The van der Waals surface area contributed by atoms with Gasteiger partial charge >= 0.3 is 0 Å². The highest BCUT2D eigenvalue weighted by molar-refractivity contribution is 5.86. The Morgan fingerprint density at radius 1 is 0.741 bits per heavy atom. The van der Waals surface area contributed by atoms with Crippen molar-refractivity contribution in [3.8, 4) is 22.8 Å². The van der Waals surface area contributed by atoms with Gasteiger partial charge in [-0.1, -0.05) is 48.5 Å². The molecule has 27 heavy (non-hydrogen) atoms. The lowest BCUT2D eigenvalue weighted by molar-refractivity contribution is 0.414. The number of methoxy groups -OCH3 is 1. The number of aromatic nitrogens is 4. The van der Waals surface area contributed by atoms with Crippen molar-refractivity contribution < 1.29 is 4.74 Å². The number of hydrogen-bond donors (Lipinski definition) is 0. The molecule has 0 saturated carbocycles. The standard InChI is InChI=1S/C22H16N4O/c1-27-17-11-7-10-16(14-17)26-21(15-8-3-2-4-9-15)25-20-22(26)24-19-13-6-5-12-18(19)23-20/h2-14H,1H3. The van der Waals surface area contributed by atoms with E-state index in [1.165, 1.54) is 0 Å². The molecule has 0 fully saturated rings. The first-order valence-electron chi connectivity index (χ1n) is 8.68. The molecule has 5 nitrogen and oxygen atoms in total. The van der Waals surface area contributed by atoms with E-state index < -0.39 is 0 Å². The average Bonchev–Trinajstić information content (AvgIpc) is 3.11. The molecule has 0 aliphatic heterocycles. The number of ether oxygens (including phenoxy) is 1. The van der Waals surface area contributed by atoms with E-state index in [1.54, 1.807) is 7.11 Å². The van der Waals surface area contributed by atoms with Gasteiger partial charge in [0.2, 0.25) is 0 Å². The maximum Gasteiger partial charge on any atom is 0.199 e. The molecular weight excluding hydrogens is 336 g/mol. The van der Waals surface area contributed by atoms with E-state index in [2.05, 4.69) is 0 Å². The Morgan fingerprint density at radius 2 is 1.48 bits per heavy atom. The molecule has 0 N–H and O–H groups in total. The zero-order valence-corrected chi connectivity index (χ0v) is 14.7. The van der Waals surface area contributed by atoms with Crippen LogP contribution in [0.2, 0.25) is 0 Å². The van der Waals surface area contributed by atoms with Crippen molar-refractivity contribution in [2.75, 3.05) is 7.11 Å². The van der Waals surface area contributed by atoms with Gasteiger partial charge in [0.05, 0.1) is 23.8 Å². The van der Waals surface area contributed by atoms with Crippen LogP contribution < -0.4 is 4.74 Å². The number of nitrogens with zero attached hydrogens (tertiary/aromatic N) is 4. The molecule has 3 aromatic carbocycles. The predicted molar refractivity (Wildman–Crippen MR) is 106 cm³/mol. The zero-order chi connectivity index (χ0) is 18.2. The molecule has 0 atom stereocenters. The summed E-state index contributed by atoms with van der Waals surface area (Å²) in [6.45, 7) is 0. The van der Waals surface area contributed by atoms with Crippen LogP contribution in [0.4, 0.5) is 0 Å². The molecular formula is C22H16N4O. The van der Waals surface area contributed by atoms with Gasteiger partial charge in [0.25, 0.3) is 0 Å². The van der Waals surface area contributed by atoms with Crippen molar-refractivity contribution in [2.24, 2.45) is 0 Å². The zero-order valence-electron chi connectivity index (χ0n) is 14.7. The van der Waals surface area contributed by atoms with Gasteiger partial charge < -0.3 is 4.74 Å². The molecule has 0 aliphatic rings. The second-order valence-corrected chi connectivity index (χ2v) is 6.20. The fourth-order valence-corrected chi connectivity index (χ4v) is 3.23. The third-order valence-electron chi connectivity index (χ3n) is 4.51. The van der Waals surface area contributed by atoms with E-state index in [1.807, 2.05) is 83.4 Å². The second-order valence-electron chi connectivity index (χ2n) is 6.20. The molecule has 0 amide bonds. The van der Waals surface area contributed by atoms with E-state index in [0.717, 1.165) is 39.5 Å². The molecule has 5 rings (SSSR count). The minimum Gasteiger partial charge on any atom is -0.497 e. The summed E-state index contributed by atoms with van der Waals surface area (Å²) < 4.78 is 7.45.